The summed E-state index contributed by atoms with van der Waals surface area (Å²) in [6, 6.07) is 14.1. The first-order chi connectivity index (χ1) is 14.3. The smallest absolute Gasteiger partial charge is 0.345 e. The predicted molar refractivity (Wildman–Crippen MR) is 121 cm³/mol. The summed E-state index contributed by atoms with van der Waals surface area (Å²) >= 11 is 5.61. The van der Waals surface area contributed by atoms with Crippen LogP contribution < -0.4 is 0 Å². The van der Waals surface area contributed by atoms with Crippen LogP contribution in [0.3, 0.4) is 0 Å². The van der Waals surface area contributed by atoms with E-state index >= 15 is 0 Å². The Morgan fingerprint density at radius 1 is 1.23 bits per heavy atom. The third-order valence-electron chi connectivity index (χ3n) is 4.51. The fourth-order valence-electron chi connectivity index (χ4n) is 3.08. The SMILES string of the molecule is CSc1sc(C(=O)O)cc1S(=O)(=O)c1cc(Br)c2ncn(Cc3ccccc3)c2c1. The standard InChI is InChI=1S/C20H15BrN2O4S3/c1-28-20-17(9-16(29-20)19(24)25)30(26,27)13-7-14(21)18-15(8-13)23(11-22-18)10-12-5-3-2-4-6-12/h2-9,11H,10H2,1H3,(H,24,25). The molecule has 2 aromatic heterocycles. The number of sulfone groups is 1. The highest BCUT2D eigenvalue weighted by Gasteiger charge is 2.27. The third kappa shape index (κ3) is 3.80. The lowest BCUT2D eigenvalue weighted by atomic mass is 10.2. The summed E-state index contributed by atoms with van der Waals surface area (Å²) in [6.07, 6.45) is 3.41. The molecule has 30 heavy (non-hydrogen) atoms. The van der Waals surface area contributed by atoms with Crippen LogP contribution in [0, 0.1) is 0 Å². The van der Waals surface area contributed by atoms with Crippen LogP contribution in [0.1, 0.15) is 15.2 Å². The van der Waals surface area contributed by atoms with E-state index < -0.39 is 15.8 Å². The van der Waals surface area contributed by atoms with Crippen molar-refractivity contribution in [3.05, 3.63) is 69.8 Å². The molecule has 0 amide bonds. The molecule has 4 aromatic rings. The normalized spacial score (nSPS) is 11.8. The number of aromatic carboxylic acids is 1. The van der Waals surface area contributed by atoms with Crippen LogP contribution in [-0.4, -0.2) is 35.3 Å². The average molecular weight is 523 g/mol. The van der Waals surface area contributed by atoms with Crippen LogP contribution in [0.25, 0.3) is 11.0 Å². The third-order valence-corrected chi connectivity index (χ3v) is 9.39. The van der Waals surface area contributed by atoms with Gasteiger partial charge in [-0.2, -0.15) is 0 Å². The summed E-state index contributed by atoms with van der Waals surface area (Å²) in [5.41, 5.74) is 2.40. The number of fused-ring (bicyclic) bond motifs is 1. The Hall–Kier alpha value is -2.14. The second kappa shape index (κ2) is 8.18. The first-order valence-corrected chi connectivity index (χ1v) is 13.0. The zero-order valence-electron chi connectivity index (χ0n) is 15.6. The van der Waals surface area contributed by atoms with Crippen molar-refractivity contribution < 1.29 is 18.3 Å². The minimum absolute atomic E-state index is 0.00723. The summed E-state index contributed by atoms with van der Waals surface area (Å²) < 4.78 is 29.7. The number of imidazole rings is 1. The quantitative estimate of drug-likeness (QED) is 0.351. The Morgan fingerprint density at radius 3 is 2.63 bits per heavy atom. The van der Waals surface area contributed by atoms with E-state index in [-0.39, 0.29) is 14.7 Å². The summed E-state index contributed by atoms with van der Waals surface area (Å²) in [5.74, 6) is -1.14. The second-order valence-corrected chi connectivity index (χ2v) is 11.3. The van der Waals surface area contributed by atoms with E-state index in [4.69, 9.17) is 0 Å². The fraction of sp³-hybridized carbons (Fsp3) is 0.100. The number of rotatable bonds is 6. The number of thioether (sulfide) groups is 1. The van der Waals surface area contributed by atoms with Gasteiger partial charge in [0, 0.05) is 11.0 Å². The molecule has 154 valence electrons. The number of halogens is 1. The van der Waals surface area contributed by atoms with Gasteiger partial charge in [0.2, 0.25) is 9.84 Å². The molecule has 0 unspecified atom stereocenters. The van der Waals surface area contributed by atoms with Gasteiger partial charge in [0.05, 0.1) is 25.8 Å². The van der Waals surface area contributed by atoms with E-state index in [2.05, 4.69) is 20.9 Å². The Morgan fingerprint density at radius 2 is 1.97 bits per heavy atom. The largest absolute Gasteiger partial charge is 0.477 e. The van der Waals surface area contributed by atoms with Crippen LogP contribution in [0.4, 0.5) is 0 Å². The van der Waals surface area contributed by atoms with Gasteiger partial charge in [-0.15, -0.1) is 23.1 Å². The van der Waals surface area contributed by atoms with Gasteiger partial charge in [-0.05, 0) is 45.9 Å². The number of hydrogen-bond acceptors (Lipinski definition) is 6. The van der Waals surface area contributed by atoms with Crippen molar-refractivity contribution in [2.75, 3.05) is 6.26 Å². The number of thiophene rings is 1. The molecule has 0 radical (unpaired) electrons. The van der Waals surface area contributed by atoms with E-state index in [0.717, 1.165) is 16.9 Å². The molecule has 0 aliphatic heterocycles. The van der Waals surface area contributed by atoms with Crippen molar-refractivity contribution in [1.82, 2.24) is 9.55 Å². The summed E-state index contributed by atoms with van der Waals surface area (Å²) in [4.78, 5) is 15.8. The zero-order valence-corrected chi connectivity index (χ0v) is 19.6. The molecule has 0 saturated carbocycles. The molecule has 0 saturated heterocycles. The Balaban J connectivity index is 1.85. The molecule has 4 rings (SSSR count). The van der Waals surface area contributed by atoms with Crippen LogP contribution in [0.15, 0.2) is 73.3 Å². The van der Waals surface area contributed by atoms with Crippen molar-refractivity contribution in [2.45, 2.75) is 20.5 Å². The molecule has 0 atom stereocenters. The van der Waals surface area contributed by atoms with E-state index in [0.29, 0.717) is 26.3 Å². The first kappa shape index (κ1) is 21.1. The van der Waals surface area contributed by atoms with E-state index in [1.807, 2.05) is 34.9 Å². The topological polar surface area (TPSA) is 89.3 Å². The van der Waals surface area contributed by atoms with E-state index in [1.165, 1.54) is 23.9 Å². The van der Waals surface area contributed by atoms with Crippen molar-refractivity contribution in [3.63, 3.8) is 0 Å². The molecule has 10 heteroatoms. The highest BCUT2D eigenvalue weighted by atomic mass is 79.9. The number of aromatic nitrogens is 2. The van der Waals surface area contributed by atoms with Gasteiger partial charge in [0.25, 0.3) is 0 Å². The number of hydrogen-bond donors (Lipinski definition) is 1. The van der Waals surface area contributed by atoms with Gasteiger partial charge < -0.3 is 9.67 Å². The molecular formula is C20H15BrN2O4S3. The van der Waals surface area contributed by atoms with Gasteiger partial charge >= 0.3 is 5.97 Å². The minimum Gasteiger partial charge on any atom is -0.477 e. The number of benzene rings is 2. The van der Waals surface area contributed by atoms with Crippen molar-refractivity contribution in [3.8, 4) is 0 Å². The molecular weight excluding hydrogens is 508 g/mol. The van der Waals surface area contributed by atoms with E-state index in [1.54, 1.807) is 18.6 Å². The van der Waals surface area contributed by atoms with Crippen LogP contribution in [0.5, 0.6) is 0 Å². The monoisotopic (exact) mass is 522 g/mol. The highest BCUT2D eigenvalue weighted by Crippen LogP contribution is 2.38. The molecule has 0 fully saturated rings. The summed E-state index contributed by atoms with van der Waals surface area (Å²) in [5, 5.41) is 9.28. The maximum Gasteiger partial charge on any atom is 0.345 e. The summed E-state index contributed by atoms with van der Waals surface area (Å²) in [6.45, 7) is 0.547. The van der Waals surface area contributed by atoms with Gasteiger partial charge in [-0.25, -0.2) is 18.2 Å². The average Bonchev–Trinajstić information content (AvgIpc) is 3.34. The van der Waals surface area contributed by atoms with Crippen LogP contribution >= 0.6 is 39.0 Å². The molecule has 1 N–H and O–H groups in total. The maximum absolute atomic E-state index is 13.4. The fourth-order valence-corrected chi connectivity index (χ4v) is 7.66. The Bertz CT molecular complexity index is 1360. The molecule has 2 aromatic carbocycles. The lowest BCUT2D eigenvalue weighted by molar-refractivity contribution is 0.0702. The number of carboxylic acids is 1. The maximum atomic E-state index is 13.4. The highest BCUT2D eigenvalue weighted by molar-refractivity contribution is 9.10. The van der Waals surface area contributed by atoms with Gasteiger partial charge in [-0.3, -0.25) is 0 Å². The lowest BCUT2D eigenvalue weighted by Crippen LogP contribution is -2.04. The van der Waals surface area contributed by atoms with Gasteiger partial charge in [0.15, 0.2) is 0 Å². The second-order valence-electron chi connectivity index (χ2n) is 6.41. The van der Waals surface area contributed by atoms with Crippen molar-refractivity contribution in [1.29, 1.82) is 0 Å². The van der Waals surface area contributed by atoms with Crippen molar-refractivity contribution in [2.24, 2.45) is 0 Å². The summed E-state index contributed by atoms with van der Waals surface area (Å²) in [7, 11) is -3.92. The predicted octanol–water partition coefficient (Wildman–Crippen LogP) is 5.16. The molecule has 0 aliphatic rings. The Kier molecular flexibility index (Phi) is 5.75. The van der Waals surface area contributed by atoms with E-state index in [9.17, 15) is 18.3 Å². The Labute approximate surface area is 189 Å². The molecule has 0 bridgehead atoms. The van der Waals surface area contributed by atoms with Gasteiger partial charge in [0.1, 0.15) is 10.4 Å². The number of nitrogens with zero attached hydrogens (tertiary/aromatic N) is 2. The zero-order chi connectivity index (χ0) is 21.5. The molecule has 6 nitrogen and oxygen atoms in total. The molecule has 0 spiro atoms. The van der Waals surface area contributed by atoms with Gasteiger partial charge in [-0.1, -0.05) is 30.3 Å². The van der Waals surface area contributed by atoms with Crippen molar-refractivity contribution >= 4 is 65.9 Å². The van der Waals surface area contributed by atoms with Crippen LogP contribution in [-0.2, 0) is 16.4 Å². The minimum atomic E-state index is -3.92. The molecule has 0 aliphatic carbocycles. The number of carbonyl (C=O) groups is 1. The first-order valence-electron chi connectivity index (χ1n) is 8.66. The molecule has 2 heterocycles. The lowest BCUT2D eigenvalue weighted by Gasteiger charge is -2.09. The number of carboxylic acid groups (broad SMARTS) is 1. The van der Waals surface area contributed by atoms with Crippen LogP contribution in [0.2, 0.25) is 0 Å².